The van der Waals surface area contributed by atoms with Crippen LogP contribution in [-0.2, 0) is 11.2 Å². The van der Waals surface area contributed by atoms with Crippen LogP contribution in [0.1, 0.15) is 20.8 Å². The van der Waals surface area contributed by atoms with Crippen LogP contribution in [0.5, 0.6) is 0 Å². The van der Waals surface area contributed by atoms with Gasteiger partial charge in [0.25, 0.3) is 5.91 Å². The zero-order valence-electron chi connectivity index (χ0n) is 14.3. The Bertz CT molecular complexity index is 878. The number of nitrogens with zero attached hydrogens (tertiary/aromatic N) is 1. The van der Waals surface area contributed by atoms with Gasteiger partial charge in [0.2, 0.25) is 5.91 Å². The Balaban J connectivity index is 1.76. The minimum absolute atomic E-state index is 0.281. The lowest BCUT2D eigenvalue weighted by molar-refractivity contribution is -0.118. The molecule has 2 N–H and O–H groups in total. The Morgan fingerprint density at radius 3 is 2.31 bits per heavy atom. The van der Waals surface area contributed by atoms with E-state index in [0.717, 1.165) is 10.4 Å². The van der Waals surface area contributed by atoms with Crippen molar-refractivity contribution in [1.82, 2.24) is 10.3 Å². The van der Waals surface area contributed by atoms with Crippen molar-refractivity contribution in [3.05, 3.63) is 82.9 Å². The molecule has 2 amide bonds. The summed E-state index contributed by atoms with van der Waals surface area (Å²) < 4.78 is 0. The molecule has 1 atom stereocenters. The highest BCUT2D eigenvalue weighted by Crippen LogP contribution is 2.17. The first-order valence-corrected chi connectivity index (χ1v) is 9.06. The van der Waals surface area contributed by atoms with E-state index in [9.17, 15) is 9.59 Å². The van der Waals surface area contributed by atoms with Gasteiger partial charge in [0.1, 0.15) is 6.04 Å². The van der Waals surface area contributed by atoms with E-state index in [1.54, 1.807) is 30.5 Å². The normalized spacial score (nSPS) is 11.6. The van der Waals surface area contributed by atoms with Gasteiger partial charge in [0.15, 0.2) is 5.13 Å². The van der Waals surface area contributed by atoms with E-state index in [4.69, 9.17) is 0 Å². The lowest BCUT2D eigenvalue weighted by atomic mass is 10.0. The zero-order valence-corrected chi connectivity index (χ0v) is 15.1. The molecule has 0 fully saturated rings. The average molecular weight is 365 g/mol. The van der Waals surface area contributed by atoms with Crippen LogP contribution in [0.25, 0.3) is 0 Å². The number of thiazole rings is 1. The third-order valence-corrected chi connectivity index (χ3v) is 4.62. The Morgan fingerprint density at radius 2 is 1.69 bits per heavy atom. The van der Waals surface area contributed by atoms with E-state index in [2.05, 4.69) is 15.6 Å². The fraction of sp³-hybridized carbons (Fsp3) is 0.150. The van der Waals surface area contributed by atoms with Gasteiger partial charge in [-0.2, -0.15) is 0 Å². The van der Waals surface area contributed by atoms with Crippen LogP contribution in [0, 0.1) is 6.92 Å². The Kier molecular flexibility index (Phi) is 5.76. The van der Waals surface area contributed by atoms with E-state index in [0.29, 0.717) is 17.1 Å². The predicted octanol–water partition coefficient (Wildman–Crippen LogP) is 3.43. The highest BCUT2D eigenvalue weighted by atomic mass is 32.1. The average Bonchev–Trinajstić information content (AvgIpc) is 3.07. The van der Waals surface area contributed by atoms with Crippen molar-refractivity contribution in [2.75, 3.05) is 5.32 Å². The summed E-state index contributed by atoms with van der Waals surface area (Å²) in [6.45, 7) is 1.92. The zero-order chi connectivity index (χ0) is 18.4. The Hall–Kier alpha value is -2.99. The first-order valence-electron chi connectivity index (χ1n) is 8.25. The van der Waals surface area contributed by atoms with Gasteiger partial charge in [0.05, 0.1) is 0 Å². The second-order valence-electron chi connectivity index (χ2n) is 5.85. The van der Waals surface area contributed by atoms with Crippen molar-refractivity contribution in [1.29, 1.82) is 0 Å². The maximum atomic E-state index is 12.7. The van der Waals surface area contributed by atoms with Crippen LogP contribution in [0.2, 0.25) is 0 Å². The number of hydrogen-bond donors (Lipinski definition) is 2. The first kappa shape index (κ1) is 17.8. The summed E-state index contributed by atoms with van der Waals surface area (Å²) in [5.74, 6) is -0.565. The molecule has 6 heteroatoms. The maximum Gasteiger partial charge on any atom is 0.251 e. The lowest BCUT2D eigenvalue weighted by Crippen LogP contribution is -2.45. The monoisotopic (exact) mass is 365 g/mol. The molecule has 1 heterocycles. The number of nitrogens with one attached hydrogen (secondary N) is 2. The van der Waals surface area contributed by atoms with Crippen LogP contribution >= 0.6 is 11.3 Å². The fourth-order valence-electron chi connectivity index (χ4n) is 2.50. The molecular weight excluding hydrogens is 346 g/mol. The molecule has 5 nitrogen and oxygen atoms in total. The summed E-state index contributed by atoms with van der Waals surface area (Å²) in [5, 5.41) is 6.16. The van der Waals surface area contributed by atoms with Gasteiger partial charge in [-0.05, 0) is 24.6 Å². The molecule has 3 aromatic rings. The Morgan fingerprint density at radius 1 is 1.04 bits per heavy atom. The third-order valence-electron chi connectivity index (χ3n) is 3.79. The molecule has 0 aliphatic carbocycles. The number of aryl methyl sites for hydroxylation is 1. The summed E-state index contributed by atoms with van der Waals surface area (Å²) in [4.78, 5) is 30.4. The number of benzene rings is 2. The number of rotatable bonds is 6. The van der Waals surface area contributed by atoms with E-state index >= 15 is 0 Å². The molecule has 0 spiro atoms. The topological polar surface area (TPSA) is 71.1 Å². The third kappa shape index (κ3) is 4.77. The van der Waals surface area contributed by atoms with Crippen LogP contribution in [0.3, 0.4) is 0 Å². The van der Waals surface area contributed by atoms with Crippen molar-refractivity contribution >= 4 is 28.3 Å². The van der Waals surface area contributed by atoms with E-state index in [-0.39, 0.29) is 11.8 Å². The van der Waals surface area contributed by atoms with Crippen LogP contribution in [0.4, 0.5) is 5.13 Å². The SMILES string of the molecule is Cc1cnc(NC(=O)[C@H](Cc2ccccc2)NC(=O)c2ccccc2)s1. The van der Waals surface area contributed by atoms with Crippen LogP contribution in [-0.4, -0.2) is 22.8 Å². The molecule has 2 aromatic carbocycles. The van der Waals surface area contributed by atoms with Gasteiger partial charge >= 0.3 is 0 Å². The molecule has 0 radical (unpaired) electrons. The minimum atomic E-state index is -0.700. The molecule has 132 valence electrons. The van der Waals surface area contributed by atoms with Crippen LogP contribution in [0.15, 0.2) is 66.9 Å². The summed E-state index contributed by atoms with van der Waals surface area (Å²) in [7, 11) is 0. The second kappa shape index (κ2) is 8.40. The largest absolute Gasteiger partial charge is 0.340 e. The molecule has 0 aliphatic rings. The van der Waals surface area contributed by atoms with Gasteiger partial charge in [0, 0.05) is 23.1 Å². The van der Waals surface area contributed by atoms with Gasteiger partial charge in [-0.3, -0.25) is 9.59 Å². The van der Waals surface area contributed by atoms with Gasteiger partial charge < -0.3 is 10.6 Å². The van der Waals surface area contributed by atoms with E-state index < -0.39 is 6.04 Å². The number of amides is 2. The highest BCUT2D eigenvalue weighted by Gasteiger charge is 2.22. The predicted molar refractivity (Wildman–Crippen MR) is 103 cm³/mol. The molecule has 0 aliphatic heterocycles. The molecule has 0 unspecified atom stereocenters. The molecule has 26 heavy (non-hydrogen) atoms. The minimum Gasteiger partial charge on any atom is -0.340 e. The summed E-state index contributed by atoms with van der Waals surface area (Å²) in [6.07, 6.45) is 2.10. The van der Waals surface area contributed by atoms with Crippen LogP contribution < -0.4 is 10.6 Å². The number of carbonyl (C=O) groups excluding carboxylic acids is 2. The number of carbonyl (C=O) groups is 2. The van der Waals surface area contributed by atoms with Gasteiger partial charge in [-0.25, -0.2) is 4.98 Å². The molecule has 1 aromatic heterocycles. The molecular formula is C20H19N3O2S. The van der Waals surface area contributed by atoms with E-state index in [1.807, 2.05) is 43.3 Å². The fourth-order valence-corrected chi connectivity index (χ4v) is 3.16. The summed E-state index contributed by atoms with van der Waals surface area (Å²) in [5.41, 5.74) is 1.49. The molecule has 0 saturated heterocycles. The molecule has 0 bridgehead atoms. The van der Waals surface area contributed by atoms with Crippen molar-refractivity contribution in [2.45, 2.75) is 19.4 Å². The molecule has 0 saturated carbocycles. The second-order valence-corrected chi connectivity index (χ2v) is 7.08. The van der Waals surface area contributed by atoms with Crippen molar-refractivity contribution < 1.29 is 9.59 Å². The smallest absolute Gasteiger partial charge is 0.251 e. The number of anilines is 1. The highest BCUT2D eigenvalue weighted by molar-refractivity contribution is 7.15. The van der Waals surface area contributed by atoms with Crippen molar-refractivity contribution in [3.8, 4) is 0 Å². The maximum absolute atomic E-state index is 12.7. The molecule has 3 rings (SSSR count). The summed E-state index contributed by atoms with van der Waals surface area (Å²) in [6, 6.07) is 17.8. The standard InChI is InChI=1S/C20H19N3O2S/c1-14-13-21-20(26-14)23-19(25)17(12-15-8-4-2-5-9-15)22-18(24)16-10-6-3-7-11-16/h2-11,13,17H,12H2,1H3,(H,22,24)(H,21,23,25)/t17-/m0/s1. The van der Waals surface area contributed by atoms with Crippen molar-refractivity contribution in [3.63, 3.8) is 0 Å². The lowest BCUT2D eigenvalue weighted by Gasteiger charge is -2.18. The quantitative estimate of drug-likeness (QED) is 0.703. The summed E-state index contributed by atoms with van der Waals surface area (Å²) >= 11 is 1.40. The van der Waals surface area contributed by atoms with E-state index in [1.165, 1.54) is 11.3 Å². The van der Waals surface area contributed by atoms with Gasteiger partial charge in [-0.1, -0.05) is 48.5 Å². The van der Waals surface area contributed by atoms with Gasteiger partial charge in [-0.15, -0.1) is 11.3 Å². The first-order chi connectivity index (χ1) is 12.6. The van der Waals surface area contributed by atoms with Crippen molar-refractivity contribution in [2.24, 2.45) is 0 Å². The number of hydrogen-bond acceptors (Lipinski definition) is 4. The number of aromatic nitrogens is 1. The Labute approximate surface area is 156 Å².